The van der Waals surface area contributed by atoms with Crippen LogP contribution in [-0.4, -0.2) is 63.8 Å². The lowest BCUT2D eigenvalue weighted by Gasteiger charge is -2.34. The van der Waals surface area contributed by atoms with Gasteiger partial charge in [-0.3, -0.25) is 4.98 Å². The number of aliphatic hydroxyl groups excluding tert-OH is 2. The molecular weight excluding hydrogens is 390 g/mol. The van der Waals surface area contributed by atoms with Crippen molar-refractivity contribution in [1.29, 1.82) is 0 Å². The average molecular weight is 419 g/mol. The molecule has 9 nitrogen and oxygen atoms in total. The second-order valence-electron chi connectivity index (χ2n) is 8.35. The van der Waals surface area contributed by atoms with Crippen LogP contribution < -0.4 is 10.1 Å². The molecule has 2 aromatic rings. The van der Waals surface area contributed by atoms with E-state index in [1.165, 1.54) is 7.11 Å². The van der Waals surface area contributed by atoms with Crippen LogP contribution in [0.25, 0.3) is 11.0 Å². The minimum atomic E-state index is -1.21. The summed E-state index contributed by atoms with van der Waals surface area (Å²) in [5.74, 6) is 0.392. The molecule has 1 aliphatic heterocycles. The number of nitrogens with one attached hydrogen (secondary N) is 1. The highest BCUT2D eigenvalue weighted by Gasteiger charge is 2.34. The molecule has 0 bridgehead atoms. The average Bonchev–Trinajstić information content (AvgIpc) is 2.71. The number of aliphatic hydroxyl groups is 2. The molecule has 3 heterocycles. The maximum atomic E-state index is 11.9. The molecule has 0 radical (unpaired) electrons. The largest absolute Gasteiger partial charge is 0.481 e. The molecule has 1 amide bonds. The van der Waals surface area contributed by atoms with E-state index in [1.54, 1.807) is 45.2 Å². The molecule has 0 saturated carbocycles. The summed E-state index contributed by atoms with van der Waals surface area (Å²) >= 11 is 0. The molecule has 9 heteroatoms. The molecule has 164 valence electrons. The predicted molar refractivity (Wildman–Crippen MR) is 109 cm³/mol. The summed E-state index contributed by atoms with van der Waals surface area (Å²) in [7, 11) is 1.51. The van der Waals surface area contributed by atoms with E-state index in [4.69, 9.17) is 14.2 Å². The van der Waals surface area contributed by atoms with Crippen molar-refractivity contribution in [3.05, 3.63) is 30.0 Å². The van der Waals surface area contributed by atoms with Gasteiger partial charge >= 0.3 is 6.09 Å². The molecule has 1 aliphatic rings. The lowest BCUT2D eigenvalue weighted by molar-refractivity contribution is -0.113. The highest BCUT2D eigenvalue weighted by atomic mass is 16.6. The molecule has 0 aliphatic carbocycles. The molecule has 0 spiro atoms. The first-order chi connectivity index (χ1) is 14.2. The Morgan fingerprint density at radius 3 is 2.67 bits per heavy atom. The minimum Gasteiger partial charge on any atom is -0.481 e. The number of carbonyl (C=O) groups is 1. The highest BCUT2D eigenvalue weighted by Crippen LogP contribution is 2.29. The smallest absolute Gasteiger partial charge is 0.407 e. The molecule has 0 aromatic carbocycles. The SMILES string of the molecule is COc1ccc2nccc([C@H](O)[C@@H](O)[C@H]3CC[C@H](NC(=O)OC(C)(C)C)CO3)c2n1. The van der Waals surface area contributed by atoms with Crippen molar-refractivity contribution in [2.24, 2.45) is 0 Å². The molecular formula is C21H29N3O6. The fourth-order valence-corrected chi connectivity index (χ4v) is 3.40. The van der Waals surface area contributed by atoms with E-state index in [0.717, 1.165) is 0 Å². The second-order valence-corrected chi connectivity index (χ2v) is 8.35. The standard InChI is InChI=1S/C21H29N3O6/c1-21(2,3)30-20(27)23-12-5-7-15(29-11-12)19(26)18(25)13-9-10-22-14-6-8-16(28-4)24-17(13)14/h6,8-10,12,15,18-19,25-26H,5,7,11H2,1-4H3,(H,23,27)/t12-,15+,18-,19-/m0/s1. The Hall–Kier alpha value is -2.49. The Labute approximate surface area is 175 Å². The van der Waals surface area contributed by atoms with E-state index < -0.39 is 30.0 Å². The first kappa shape index (κ1) is 22.2. The number of nitrogens with zero attached hydrogens (tertiary/aromatic N) is 2. The van der Waals surface area contributed by atoms with Crippen molar-refractivity contribution in [3.8, 4) is 5.88 Å². The van der Waals surface area contributed by atoms with E-state index in [-0.39, 0.29) is 12.6 Å². The van der Waals surface area contributed by atoms with Crippen molar-refractivity contribution >= 4 is 17.1 Å². The van der Waals surface area contributed by atoms with Gasteiger partial charge in [0.1, 0.15) is 17.8 Å². The lowest BCUT2D eigenvalue weighted by atomic mass is 9.94. The van der Waals surface area contributed by atoms with Crippen LogP contribution in [0.5, 0.6) is 5.88 Å². The highest BCUT2D eigenvalue weighted by molar-refractivity contribution is 5.78. The summed E-state index contributed by atoms with van der Waals surface area (Å²) in [6.45, 7) is 5.61. The van der Waals surface area contributed by atoms with Gasteiger partial charge in [-0.1, -0.05) is 0 Å². The fourth-order valence-electron chi connectivity index (χ4n) is 3.40. The van der Waals surface area contributed by atoms with Crippen LogP contribution in [0.4, 0.5) is 4.79 Å². The van der Waals surface area contributed by atoms with E-state index in [0.29, 0.717) is 35.3 Å². The van der Waals surface area contributed by atoms with Gasteiger partial charge in [0, 0.05) is 17.8 Å². The monoisotopic (exact) mass is 419 g/mol. The molecule has 1 saturated heterocycles. The maximum Gasteiger partial charge on any atom is 0.407 e. The third-order valence-corrected chi connectivity index (χ3v) is 4.85. The minimum absolute atomic E-state index is 0.215. The number of amides is 1. The first-order valence-corrected chi connectivity index (χ1v) is 9.95. The number of hydrogen-bond acceptors (Lipinski definition) is 8. The van der Waals surface area contributed by atoms with Gasteiger partial charge in [0.25, 0.3) is 0 Å². The van der Waals surface area contributed by atoms with Gasteiger partial charge < -0.3 is 29.7 Å². The number of fused-ring (bicyclic) bond motifs is 1. The topological polar surface area (TPSA) is 123 Å². The number of aromatic nitrogens is 2. The number of methoxy groups -OCH3 is 1. The summed E-state index contributed by atoms with van der Waals surface area (Å²) < 4.78 is 16.1. The van der Waals surface area contributed by atoms with E-state index >= 15 is 0 Å². The Morgan fingerprint density at radius 2 is 2.03 bits per heavy atom. The number of ether oxygens (including phenoxy) is 3. The second kappa shape index (κ2) is 9.11. The Balaban J connectivity index is 1.63. The number of hydrogen-bond donors (Lipinski definition) is 3. The normalized spacial score (nSPS) is 21.7. The van der Waals surface area contributed by atoms with Gasteiger partial charge in [-0.25, -0.2) is 9.78 Å². The summed E-state index contributed by atoms with van der Waals surface area (Å²) in [4.78, 5) is 20.5. The fraction of sp³-hybridized carbons (Fsp3) is 0.571. The maximum absolute atomic E-state index is 11.9. The van der Waals surface area contributed by atoms with Gasteiger partial charge in [-0.15, -0.1) is 0 Å². The van der Waals surface area contributed by atoms with Crippen LogP contribution >= 0.6 is 0 Å². The first-order valence-electron chi connectivity index (χ1n) is 9.95. The molecule has 4 atom stereocenters. The molecule has 3 rings (SSSR count). The Bertz CT molecular complexity index is 877. The van der Waals surface area contributed by atoms with Crippen molar-refractivity contribution in [2.45, 2.75) is 63.6 Å². The lowest BCUT2D eigenvalue weighted by Crippen LogP contribution is -2.47. The van der Waals surface area contributed by atoms with Crippen molar-refractivity contribution < 1.29 is 29.2 Å². The number of rotatable bonds is 5. The van der Waals surface area contributed by atoms with Gasteiger partial charge in [0.15, 0.2) is 0 Å². The van der Waals surface area contributed by atoms with Crippen LogP contribution in [0.15, 0.2) is 24.4 Å². The van der Waals surface area contributed by atoms with Gasteiger partial charge in [-0.2, -0.15) is 0 Å². The molecule has 30 heavy (non-hydrogen) atoms. The summed E-state index contributed by atoms with van der Waals surface area (Å²) in [5, 5.41) is 24.3. The van der Waals surface area contributed by atoms with Crippen molar-refractivity contribution in [1.82, 2.24) is 15.3 Å². The number of pyridine rings is 2. The van der Waals surface area contributed by atoms with Crippen molar-refractivity contribution in [2.75, 3.05) is 13.7 Å². The predicted octanol–water partition coefficient (Wildman–Crippen LogP) is 2.10. The van der Waals surface area contributed by atoms with Crippen LogP contribution in [0.2, 0.25) is 0 Å². The zero-order chi connectivity index (χ0) is 21.9. The molecule has 2 aromatic heterocycles. The van der Waals surface area contributed by atoms with Crippen LogP contribution in [-0.2, 0) is 9.47 Å². The Kier molecular flexibility index (Phi) is 6.74. The Morgan fingerprint density at radius 1 is 1.27 bits per heavy atom. The van der Waals surface area contributed by atoms with E-state index in [9.17, 15) is 15.0 Å². The van der Waals surface area contributed by atoms with Crippen LogP contribution in [0, 0.1) is 0 Å². The zero-order valence-electron chi connectivity index (χ0n) is 17.7. The molecule has 1 fully saturated rings. The molecule has 3 N–H and O–H groups in total. The van der Waals surface area contributed by atoms with Gasteiger partial charge in [0.2, 0.25) is 5.88 Å². The quantitative estimate of drug-likeness (QED) is 0.673. The third kappa shape index (κ3) is 5.35. The number of alkyl carbamates (subject to hydrolysis) is 1. The van der Waals surface area contributed by atoms with Crippen LogP contribution in [0.1, 0.15) is 45.3 Å². The van der Waals surface area contributed by atoms with E-state index in [2.05, 4.69) is 15.3 Å². The van der Waals surface area contributed by atoms with E-state index in [1.807, 2.05) is 0 Å². The zero-order valence-corrected chi connectivity index (χ0v) is 17.7. The molecule has 0 unspecified atom stereocenters. The number of carbonyl (C=O) groups excluding carboxylic acids is 1. The summed E-state index contributed by atoms with van der Waals surface area (Å²) in [6, 6.07) is 4.84. The van der Waals surface area contributed by atoms with Gasteiger partial charge in [0.05, 0.1) is 36.9 Å². The summed E-state index contributed by atoms with van der Waals surface area (Å²) in [5.41, 5.74) is 0.922. The van der Waals surface area contributed by atoms with Crippen molar-refractivity contribution in [3.63, 3.8) is 0 Å². The summed E-state index contributed by atoms with van der Waals surface area (Å²) in [6.07, 6.45) is -0.829. The third-order valence-electron chi connectivity index (χ3n) is 4.85. The van der Waals surface area contributed by atoms with Gasteiger partial charge in [-0.05, 0) is 45.7 Å². The van der Waals surface area contributed by atoms with Crippen LogP contribution in [0.3, 0.4) is 0 Å².